The average Bonchev–Trinajstić information content (AvgIpc) is 2.92. The topological polar surface area (TPSA) is 106 Å². The van der Waals surface area contributed by atoms with Gasteiger partial charge in [0.15, 0.2) is 11.6 Å². The molecule has 0 aromatic carbocycles. The summed E-state index contributed by atoms with van der Waals surface area (Å²) in [5, 5.41) is 16.7. The molecule has 1 atom stereocenters. The highest BCUT2D eigenvalue weighted by molar-refractivity contribution is 5.77. The predicted molar refractivity (Wildman–Crippen MR) is 72.8 cm³/mol. The summed E-state index contributed by atoms with van der Waals surface area (Å²) < 4.78 is 1.79. The van der Waals surface area contributed by atoms with Gasteiger partial charge in [0.25, 0.3) is 0 Å². The van der Waals surface area contributed by atoms with Crippen LogP contribution in [-0.2, 0) is 4.79 Å². The lowest BCUT2D eigenvalue weighted by molar-refractivity contribution is -0.123. The van der Waals surface area contributed by atoms with E-state index < -0.39 is 0 Å². The summed E-state index contributed by atoms with van der Waals surface area (Å²) in [5.41, 5.74) is 7.05. The highest BCUT2D eigenvalue weighted by Crippen LogP contribution is 2.27. The molecule has 2 aromatic rings. The minimum Gasteiger partial charge on any atom is -0.504 e. The largest absolute Gasteiger partial charge is 0.504 e. The first kappa shape index (κ1) is 12.5. The van der Waals surface area contributed by atoms with Crippen molar-refractivity contribution in [2.24, 2.45) is 0 Å². The number of aromatic hydroxyl groups is 1. The van der Waals surface area contributed by atoms with Crippen LogP contribution in [0, 0.1) is 0 Å². The van der Waals surface area contributed by atoms with Crippen molar-refractivity contribution < 1.29 is 9.90 Å². The van der Waals surface area contributed by atoms with E-state index in [1.54, 1.807) is 23.1 Å². The zero-order valence-corrected chi connectivity index (χ0v) is 10.8. The number of nitrogen functional groups attached to an aromatic ring is 1. The number of nitrogens with two attached hydrogens (primary N) is 1. The Bertz CT molecular complexity index is 652. The third-order valence-electron chi connectivity index (χ3n) is 3.43. The number of rotatable bonds is 2. The Morgan fingerprint density at radius 1 is 1.40 bits per heavy atom. The van der Waals surface area contributed by atoms with Crippen LogP contribution in [-0.4, -0.2) is 32.3 Å². The molecule has 104 valence electrons. The van der Waals surface area contributed by atoms with Gasteiger partial charge in [0.2, 0.25) is 5.91 Å². The van der Waals surface area contributed by atoms with E-state index in [0.717, 1.165) is 17.5 Å². The summed E-state index contributed by atoms with van der Waals surface area (Å²) in [7, 11) is 0. The molecule has 2 aromatic heterocycles. The van der Waals surface area contributed by atoms with Gasteiger partial charge in [0, 0.05) is 36.5 Å². The van der Waals surface area contributed by atoms with Crippen molar-refractivity contribution in [2.75, 3.05) is 12.3 Å². The van der Waals surface area contributed by atoms with Crippen molar-refractivity contribution >= 4 is 11.7 Å². The van der Waals surface area contributed by atoms with Gasteiger partial charge in [-0.2, -0.15) is 5.10 Å². The van der Waals surface area contributed by atoms with E-state index in [1.165, 1.54) is 0 Å². The number of amides is 1. The molecule has 20 heavy (non-hydrogen) atoms. The minimum atomic E-state index is -0.0488. The van der Waals surface area contributed by atoms with Gasteiger partial charge in [-0.25, -0.2) is 4.98 Å². The molecular formula is C13H15N5O2. The maximum atomic E-state index is 11.4. The van der Waals surface area contributed by atoms with Gasteiger partial charge in [0.05, 0.1) is 12.2 Å². The van der Waals surface area contributed by atoms with E-state index in [-0.39, 0.29) is 23.5 Å². The summed E-state index contributed by atoms with van der Waals surface area (Å²) in [6.45, 7) is 0.670. The van der Waals surface area contributed by atoms with Crippen LogP contribution in [0.3, 0.4) is 0 Å². The lowest BCUT2D eigenvalue weighted by atomic mass is 10.1. The van der Waals surface area contributed by atoms with Gasteiger partial charge in [-0.3, -0.25) is 9.48 Å². The van der Waals surface area contributed by atoms with Crippen molar-refractivity contribution in [3.63, 3.8) is 0 Å². The molecule has 7 heteroatoms. The quantitative estimate of drug-likeness (QED) is 0.746. The van der Waals surface area contributed by atoms with Crippen molar-refractivity contribution in [2.45, 2.75) is 18.9 Å². The Morgan fingerprint density at radius 3 is 3.00 bits per heavy atom. The number of hydrogen-bond acceptors (Lipinski definition) is 5. The molecule has 0 saturated carbocycles. The van der Waals surface area contributed by atoms with E-state index >= 15 is 0 Å². The van der Waals surface area contributed by atoms with Crippen LogP contribution < -0.4 is 11.1 Å². The monoisotopic (exact) mass is 273 g/mol. The lowest BCUT2D eigenvalue weighted by Crippen LogP contribution is -2.34. The normalized spacial score (nSPS) is 18.8. The SMILES string of the molecule is Nc1ncc(-c2cnn(C3CCNC(=O)C3)c2)cc1O. The van der Waals surface area contributed by atoms with Crippen molar-refractivity contribution in [1.29, 1.82) is 0 Å². The Balaban J connectivity index is 1.85. The van der Waals surface area contributed by atoms with Crippen LogP contribution in [0.2, 0.25) is 0 Å². The van der Waals surface area contributed by atoms with Gasteiger partial charge in [-0.15, -0.1) is 0 Å². The number of nitrogens with zero attached hydrogens (tertiary/aromatic N) is 3. The second kappa shape index (κ2) is 4.84. The molecule has 1 unspecified atom stereocenters. The number of carbonyl (C=O) groups excluding carboxylic acids is 1. The Morgan fingerprint density at radius 2 is 2.25 bits per heavy atom. The standard InChI is InChI=1S/C13H15N5O2/c14-13-11(19)3-8(5-16-13)9-6-17-18(7-9)10-1-2-15-12(20)4-10/h3,5-7,10,19H,1-2,4H2,(H2,14,16)(H,15,20). The molecule has 1 amide bonds. The first-order valence-electron chi connectivity index (χ1n) is 6.39. The highest BCUT2D eigenvalue weighted by atomic mass is 16.3. The molecule has 0 spiro atoms. The minimum absolute atomic E-state index is 0.0464. The van der Waals surface area contributed by atoms with Crippen molar-refractivity contribution in [3.8, 4) is 16.9 Å². The Hall–Kier alpha value is -2.57. The second-order valence-electron chi connectivity index (χ2n) is 4.83. The number of pyridine rings is 1. The zero-order valence-electron chi connectivity index (χ0n) is 10.8. The van der Waals surface area contributed by atoms with Gasteiger partial charge in [-0.1, -0.05) is 0 Å². The zero-order chi connectivity index (χ0) is 14.1. The number of nitrogens with one attached hydrogen (secondary N) is 1. The average molecular weight is 273 g/mol. The fraction of sp³-hybridized carbons (Fsp3) is 0.308. The van der Waals surface area contributed by atoms with Gasteiger partial charge >= 0.3 is 0 Å². The summed E-state index contributed by atoms with van der Waals surface area (Å²) in [6, 6.07) is 1.63. The van der Waals surface area contributed by atoms with E-state index in [0.29, 0.717) is 13.0 Å². The van der Waals surface area contributed by atoms with Crippen molar-refractivity contribution in [1.82, 2.24) is 20.1 Å². The number of aromatic nitrogens is 3. The molecule has 1 aliphatic heterocycles. The first-order chi connectivity index (χ1) is 9.63. The van der Waals surface area contributed by atoms with Gasteiger partial charge in [0.1, 0.15) is 0 Å². The lowest BCUT2D eigenvalue weighted by Gasteiger charge is -2.22. The summed E-state index contributed by atoms with van der Waals surface area (Å²) in [4.78, 5) is 15.3. The predicted octanol–water partition coefficient (Wildman–Crippen LogP) is 0.684. The molecule has 0 bridgehead atoms. The third kappa shape index (κ3) is 2.29. The maximum absolute atomic E-state index is 11.4. The fourth-order valence-electron chi connectivity index (χ4n) is 2.30. The van der Waals surface area contributed by atoms with E-state index in [2.05, 4.69) is 15.4 Å². The van der Waals surface area contributed by atoms with E-state index in [4.69, 9.17) is 5.73 Å². The molecule has 3 rings (SSSR count). The van der Waals surface area contributed by atoms with Crippen LogP contribution in [0.4, 0.5) is 5.82 Å². The molecule has 1 saturated heterocycles. The number of carbonyl (C=O) groups is 1. The Labute approximate surface area is 115 Å². The molecule has 0 radical (unpaired) electrons. The maximum Gasteiger partial charge on any atom is 0.222 e. The molecule has 7 nitrogen and oxygen atoms in total. The number of piperidine rings is 1. The van der Waals surface area contributed by atoms with Crippen LogP contribution >= 0.6 is 0 Å². The van der Waals surface area contributed by atoms with E-state index in [1.807, 2.05) is 6.20 Å². The molecule has 4 N–H and O–H groups in total. The smallest absolute Gasteiger partial charge is 0.222 e. The molecule has 1 fully saturated rings. The molecule has 1 aliphatic rings. The van der Waals surface area contributed by atoms with Crippen LogP contribution in [0.5, 0.6) is 5.75 Å². The molecule has 0 aliphatic carbocycles. The summed E-state index contributed by atoms with van der Waals surface area (Å²) >= 11 is 0. The van der Waals surface area contributed by atoms with Crippen LogP contribution in [0.15, 0.2) is 24.7 Å². The Kier molecular flexibility index (Phi) is 3.02. The van der Waals surface area contributed by atoms with Gasteiger partial charge in [-0.05, 0) is 12.5 Å². The van der Waals surface area contributed by atoms with E-state index in [9.17, 15) is 9.90 Å². The first-order valence-corrected chi connectivity index (χ1v) is 6.39. The fourth-order valence-corrected chi connectivity index (χ4v) is 2.30. The summed E-state index contributed by atoms with van der Waals surface area (Å²) in [6.07, 6.45) is 6.43. The van der Waals surface area contributed by atoms with Gasteiger partial charge < -0.3 is 16.2 Å². The highest BCUT2D eigenvalue weighted by Gasteiger charge is 2.21. The molecule has 3 heterocycles. The second-order valence-corrected chi connectivity index (χ2v) is 4.83. The summed E-state index contributed by atoms with van der Waals surface area (Å²) in [5.74, 6) is 0.0995. The van der Waals surface area contributed by atoms with Crippen LogP contribution in [0.25, 0.3) is 11.1 Å². The third-order valence-corrected chi connectivity index (χ3v) is 3.43. The van der Waals surface area contributed by atoms with Crippen molar-refractivity contribution in [3.05, 3.63) is 24.7 Å². The number of anilines is 1. The molecular weight excluding hydrogens is 258 g/mol. The van der Waals surface area contributed by atoms with Crippen LogP contribution in [0.1, 0.15) is 18.9 Å². The number of hydrogen-bond donors (Lipinski definition) is 3.